The molecule has 0 aliphatic carbocycles. The number of hydrogen-bond donors (Lipinski definition) is 2. The van der Waals surface area contributed by atoms with Crippen LogP contribution in [0.5, 0.6) is 0 Å². The van der Waals surface area contributed by atoms with Crippen LogP contribution in [0.4, 0.5) is 11.8 Å². The Morgan fingerprint density at radius 3 is 2.86 bits per heavy atom. The van der Waals surface area contributed by atoms with Crippen LogP contribution in [0.2, 0.25) is 0 Å². The average Bonchev–Trinajstić information content (AvgIpc) is 2.36. The quantitative estimate of drug-likeness (QED) is 0.838. The van der Waals surface area contributed by atoms with E-state index in [4.69, 9.17) is 12.2 Å². The standard InChI is InChI=1S/C15H25N5S/c1-10(2)16-15(21)19-14-17-12(4)8-13(18-14)20-7-5-6-11(3)9-20/h8,10-11H,5-7,9H2,1-4H3,(H2,16,17,18,19,21)/t11-/m1/s1. The summed E-state index contributed by atoms with van der Waals surface area (Å²) in [5.74, 6) is 2.28. The van der Waals surface area contributed by atoms with Gasteiger partial charge in [-0.2, -0.15) is 4.98 Å². The van der Waals surface area contributed by atoms with Crippen LogP contribution in [0.15, 0.2) is 6.07 Å². The second-order valence-corrected chi connectivity index (χ2v) is 6.55. The summed E-state index contributed by atoms with van der Waals surface area (Å²) in [7, 11) is 0. The van der Waals surface area contributed by atoms with Crippen LogP contribution in [0, 0.1) is 12.8 Å². The molecule has 5 nitrogen and oxygen atoms in total. The van der Waals surface area contributed by atoms with Gasteiger partial charge in [-0.05, 0) is 51.7 Å². The highest BCUT2D eigenvalue weighted by Gasteiger charge is 2.18. The summed E-state index contributed by atoms with van der Waals surface area (Å²) in [6.45, 7) is 10.5. The molecule has 0 radical (unpaired) electrons. The fraction of sp³-hybridized carbons (Fsp3) is 0.667. The number of hydrogen-bond acceptors (Lipinski definition) is 4. The molecule has 0 saturated carbocycles. The van der Waals surface area contributed by atoms with Crippen molar-refractivity contribution in [3.8, 4) is 0 Å². The first kappa shape index (κ1) is 15.9. The normalized spacial score (nSPS) is 18.7. The van der Waals surface area contributed by atoms with Gasteiger partial charge in [-0.15, -0.1) is 0 Å². The Bertz CT molecular complexity index is 503. The van der Waals surface area contributed by atoms with Crippen molar-refractivity contribution in [2.75, 3.05) is 23.3 Å². The van der Waals surface area contributed by atoms with Gasteiger partial charge in [0.25, 0.3) is 0 Å². The van der Waals surface area contributed by atoms with Crippen LogP contribution < -0.4 is 15.5 Å². The molecule has 2 heterocycles. The maximum Gasteiger partial charge on any atom is 0.231 e. The summed E-state index contributed by atoms with van der Waals surface area (Å²) in [6, 6.07) is 2.33. The van der Waals surface area contributed by atoms with Crippen molar-refractivity contribution in [2.45, 2.75) is 46.6 Å². The molecule has 1 aliphatic heterocycles. The van der Waals surface area contributed by atoms with E-state index < -0.39 is 0 Å². The summed E-state index contributed by atoms with van der Waals surface area (Å²) < 4.78 is 0. The van der Waals surface area contributed by atoms with Crippen molar-refractivity contribution in [3.63, 3.8) is 0 Å². The van der Waals surface area contributed by atoms with Crippen molar-refractivity contribution in [2.24, 2.45) is 5.92 Å². The van der Waals surface area contributed by atoms with E-state index in [1.54, 1.807) is 0 Å². The lowest BCUT2D eigenvalue weighted by Gasteiger charge is -2.32. The predicted molar refractivity (Wildman–Crippen MR) is 91.9 cm³/mol. The van der Waals surface area contributed by atoms with Gasteiger partial charge in [-0.1, -0.05) is 6.92 Å². The first-order valence-corrected chi connectivity index (χ1v) is 8.03. The predicted octanol–water partition coefficient (Wildman–Crippen LogP) is 2.72. The third-order valence-corrected chi connectivity index (χ3v) is 3.69. The number of aryl methyl sites for hydroxylation is 1. The van der Waals surface area contributed by atoms with Gasteiger partial charge >= 0.3 is 0 Å². The maximum absolute atomic E-state index is 5.26. The zero-order valence-electron chi connectivity index (χ0n) is 13.3. The van der Waals surface area contributed by atoms with E-state index in [0.29, 0.717) is 17.0 Å². The molecule has 0 unspecified atom stereocenters. The smallest absolute Gasteiger partial charge is 0.231 e. The van der Waals surface area contributed by atoms with Crippen LogP contribution in [-0.4, -0.2) is 34.2 Å². The number of aromatic nitrogens is 2. The van der Waals surface area contributed by atoms with Crippen LogP contribution >= 0.6 is 12.2 Å². The van der Waals surface area contributed by atoms with Gasteiger partial charge in [-0.3, -0.25) is 0 Å². The highest BCUT2D eigenvalue weighted by Crippen LogP contribution is 2.22. The van der Waals surface area contributed by atoms with E-state index in [2.05, 4.69) is 32.4 Å². The molecule has 1 fully saturated rings. The summed E-state index contributed by atoms with van der Waals surface area (Å²) in [6.07, 6.45) is 2.52. The molecular formula is C15H25N5S. The minimum atomic E-state index is 0.289. The van der Waals surface area contributed by atoms with E-state index in [1.807, 2.05) is 26.8 Å². The van der Waals surface area contributed by atoms with E-state index in [-0.39, 0.29) is 6.04 Å². The Balaban J connectivity index is 2.11. The number of thiocarbonyl (C=S) groups is 1. The zero-order chi connectivity index (χ0) is 15.4. The van der Waals surface area contributed by atoms with Crippen molar-refractivity contribution in [3.05, 3.63) is 11.8 Å². The van der Waals surface area contributed by atoms with Crippen molar-refractivity contribution in [1.29, 1.82) is 0 Å². The molecule has 1 saturated heterocycles. The molecule has 2 rings (SSSR count). The second-order valence-electron chi connectivity index (χ2n) is 6.14. The molecule has 2 N–H and O–H groups in total. The number of rotatable bonds is 3. The average molecular weight is 307 g/mol. The molecule has 21 heavy (non-hydrogen) atoms. The molecule has 0 aromatic carbocycles. The summed E-state index contributed by atoms with van der Waals surface area (Å²) in [5, 5.41) is 6.78. The molecule has 1 aliphatic rings. The van der Waals surface area contributed by atoms with E-state index in [0.717, 1.165) is 24.6 Å². The monoisotopic (exact) mass is 307 g/mol. The molecule has 0 spiro atoms. The maximum atomic E-state index is 5.26. The van der Waals surface area contributed by atoms with Crippen molar-refractivity contribution >= 4 is 29.1 Å². The third kappa shape index (κ3) is 4.81. The van der Waals surface area contributed by atoms with Crippen molar-refractivity contribution < 1.29 is 0 Å². The summed E-state index contributed by atoms with van der Waals surface area (Å²) >= 11 is 5.26. The molecule has 0 bridgehead atoms. The first-order valence-electron chi connectivity index (χ1n) is 7.62. The second kappa shape index (κ2) is 7.02. The van der Waals surface area contributed by atoms with Gasteiger partial charge in [0, 0.05) is 30.9 Å². The Kier molecular flexibility index (Phi) is 5.33. The Labute approximate surface area is 132 Å². The van der Waals surface area contributed by atoms with Crippen LogP contribution in [0.25, 0.3) is 0 Å². The van der Waals surface area contributed by atoms with Gasteiger partial charge in [-0.25, -0.2) is 4.98 Å². The van der Waals surface area contributed by atoms with Gasteiger partial charge in [0.05, 0.1) is 0 Å². The Hall–Kier alpha value is -1.43. The van der Waals surface area contributed by atoms with Gasteiger partial charge in [0.15, 0.2) is 5.11 Å². The number of nitrogens with zero attached hydrogens (tertiary/aromatic N) is 3. The third-order valence-electron chi connectivity index (χ3n) is 3.47. The molecule has 1 aromatic heterocycles. The molecule has 1 aromatic rings. The highest BCUT2D eigenvalue weighted by molar-refractivity contribution is 7.80. The SMILES string of the molecule is Cc1cc(N2CCC[C@@H](C)C2)nc(NC(=S)NC(C)C)n1. The first-order chi connectivity index (χ1) is 9.94. The number of piperidine rings is 1. The Morgan fingerprint density at radius 1 is 1.43 bits per heavy atom. The van der Waals surface area contributed by atoms with E-state index >= 15 is 0 Å². The fourth-order valence-electron chi connectivity index (χ4n) is 2.57. The lowest BCUT2D eigenvalue weighted by atomic mass is 10.0. The largest absolute Gasteiger partial charge is 0.360 e. The molecule has 0 amide bonds. The Morgan fingerprint density at radius 2 is 2.19 bits per heavy atom. The topological polar surface area (TPSA) is 53.1 Å². The number of anilines is 2. The minimum absolute atomic E-state index is 0.289. The fourth-order valence-corrected chi connectivity index (χ4v) is 2.89. The van der Waals surface area contributed by atoms with Crippen LogP contribution in [-0.2, 0) is 0 Å². The van der Waals surface area contributed by atoms with E-state index in [1.165, 1.54) is 12.8 Å². The van der Waals surface area contributed by atoms with Gasteiger partial charge in [0.1, 0.15) is 5.82 Å². The highest BCUT2D eigenvalue weighted by atomic mass is 32.1. The summed E-state index contributed by atoms with van der Waals surface area (Å²) in [4.78, 5) is 11.4. The molecular weight excluding hydrogens is 282 g/mol. The molecule has 116 valence electrons. The number of nitrogens with one attached hydrogen (secondary N) is 2. The lowest BCUT2D eigenvalue weighted by molar-refractivity contribution is 0.444. The van der Waals surface area contributed by atoms with E-state index in [9.17, 15) is 0 Å². The van der Waals surface area contributed by atoms with Crippen LogP contribution in [0.1, 0.15) is 39.3 Å². The summed E-state index contributed by atoms with van der Waals surface area (Å²) in [5.41, 5.74) is 0.952. The van der Waals surface area contributed by atoms with Crippen LogP contribution in [0.3, 0.4) is 0 Å². The zero-order valence-corrected chi connectivity index (χ0v) is 14.1. The van der Waals surface area contributed by atoms with Crippen molar-refractivity contribution in [1.82, 2.24) is 15.3 Å². The minimum Gasteiger partial charge on any atom is -0.360 e. The molecule has 6 heteroatoms. The van der Waals surface area contributed by atoms with Gasteiger partial charge in [0.2, 0.25) is 5.95 Å². The molecule has 1 atom stereocenters. The lowest BCUT2D eigenvalue weighted by Crippen LogP contribution is -2.36. The van der Waals surface area contributed by atoms with Gasteiger partial charge < -0.3 is 15.5 Å².